The maximum Gasteiger partial charge on any atom is 0.249 e. The van der Waals surface area contributed by atoms with E-state index in [-0.39, 0.29) is 0 Å². The molecule has 1 amide bonds. The minimum Gasteiger partial charge on any atom is -0.366 e. The van der Waals surface area contributed by atoms with Gasteiger partial charge in [0.15, 0.2) is 0 Å². The Hall–Kier alpha value is -2.67. The van der Waals surface area contributed by atoms with E-state index in [9.17, 15) is 4.79 Å². The summed E-state index contributed by atoms with van der Waals surface area (Å²) in [5.74, 6) is -0.509. The van der Waals surface area contributed by atoms with E-state index in [1.165, 1.54) is 6.20 Å². The molecule has 0 aliphatic heterocycles. The number of benzene rings is 1. The first-order valence-electron chi connectivity index (χ1n) is 4.97. The molecule has 0 aliphatic carbocycles. The molecule has 1 aromatic carbocycles. The standard InChI is InChI=1S/C13H9N3O/c14-8-9-5-6-16-12(7-9)10-3-1-2-4-11(10)13(15)17/h1-7H,(H2,15,17). The fraction of sp³-hybridized carbons (Fsp3) is 0. The number of amides is 1. The molecule has 82 valence electrons. The first-order valence-corrected chi connectivity index (χ1v) is 4.97. The van der Waals surface area contributed by atoms with E-state index < -0.39 is 5.91 Å². The van der Waals surface area contributed by atoms with Gasteiger partial charge in [-0.15, -0.1) is 0 Å². The molecule has 2 N–H and O–H groups in total. The Morgan fingerprint density at radius 3 is 2.76 bits per heavy atom. The molecule has 0 radical (unpaired) electrons. The van der Waals surface area contributed by atoms with Crippen molar-refractivity contribution in [2.24, 2.45) is 5.73 Å². The summed E-state index contributed by atoms with van der Waals surface area (Å²) in [4.78, 5) is 15.4. The van der Waals surface area contributed by atoms with Crippen molar-refractivity contribution in [1.82, 2.24) is 4.98 Å². The predicted molar refractivity (Wildman–Crippen MR) is 62.9 cm³/mol. The minimum absolute atomic E-state index is 0.398. The monoisotopic (exact) mass is 223 g/mol. The topological polar surface area (TPSA) is 79.8 Å². The van der Waals surface area contributed by atoms with Crippen molar-refractivity contribution in [1.29, 1.82) is 5.26 Å². The van der Waals surface area contributed by atoms with Crippen LogP contribution in [0.2, 0.25) is 0 Å². The lowest BCUT2D eigenvalue weighted by Crippen LogP contribution is -2.12. The van der Waals surface area contributed by atoms with Crippen LogP contribution in [0.5, 0.6) is 0 Å². The van der Waals surface area contributed by atoms with E-state index in [0.29, 0.717) is 22.4 Å². The summed E-state index contributed by atoms with van der Waals surface area (Å²) in [6.45, 7) is 0. The number of rotatable bonds is 2. The summed E-state index contributed by atoms with van der Waals surface area (Å²) >= 11 is 0. The minimum atomic E-state index is -0.509. The number of hydrogen-bond donors (Lipinski definition) is 1. The summed E-state index contributed by atoms with van der Waals surface area (Å²) in [6.07, 6.45) is 1.53. The van der Waals surface area contributed by atoms with Gasteiger partial charge in [0, 0.05) is 17.3 Å². The maximum atomic E-state index is 11.3. The zero-order chi connectivity index (χ0) is 12.3. The van der Waals surface area contributed by atoms with Gasteiger partial charge in [-0.25, -0.2) is 0 Å². The number of hydrogen-bond acceptors (Lipinski definition) is 3. The summed E-state index contributed by atoms with van der Waals surface area (Å²) in [6, 6.07) is 12.2. The van der Waals surface area contributed by atoms with Crippen molar-refractivity contribution in [2.45, 2.75) is 0 Å². The summed E-state index contributed by atoms with van der Waals surface area (Å²) < 4.78 is 0. The first kappa shape index (κ1) is 10.8. The number of nitrogens with zero attached hydrogens (tertiary/aromatic N) is 2. The van der Waals surface area contributed by atoms with Gasteiger partial charge >= 0.3 is 0 Å². The molecule has 0 aliphatic rings. The third kappa shape index (κ3) is 2.13. The highest BCUT2D eigenvalue weighted by Gasteiger charge is 2.10. The second-order valence-electron chi connectivity index (χ2n) is 3.45. The highest BCUT2D eigenvalue weighted by Crippen LogP contribution is 2.21. The highest BCUT2D eigenvalue weighted by molar-refractivity contribution is 5.99. The molecular formula is C13H9N3O. The van der Waals surface area contributed by atoms with Crippen LogP contribution in [0.25, 0.3) is 11.3 Å². The maximum absolute atomic E-state index is 11.3. The molecule has 0 spiro atoms. The van der Waals surface area contributed by atoms with Crippen LogP contribution in [0.1, 0.15) is 15.9 Å². The quantitative estimate of drug-likeness (QED) is 0.841. The fourth-order valence-corrected chi connectivity index (χ4v) is 1.57. The Morgan fingerprint density at radius 2 is 2.06 bits per heavy atom. The molecule has 0 bridgehead atoms. The smallest absolute Gasteiger partial charge is 0.249 e. The van der Waals surface area contributed by atoms with Crippen LogP contribution in [0.3, 0.4) is 0 Å². The highest BCUT2D eigenvalue weighted by atomic mass is 16.1. The molecule has 0 saturated heterocycles. The lowest BCUT2D eigenvalue weighted by molar-refractivity contribution is 0.100. The second-order valence-corrected chi connectivity index (χ2v) is 3.45. The van der Waals surface area contributed by atoms with Gasteiger partial charge in [-0.2, -0.15) is 5.26 Å². The van der Waals surface area contributed by atoms with E-state index in [0.717, 1.165) is 0 Å². The molecule has 4 heteroatoms. The Labute approximate surface area is 98.3 Å². The Kier molecular flexibility index (Phi) is 2.84. The van der Waals surface area contributed by atoms with Crippen LogP contribution >= 0.6 is 0 Å². The SMILES string of the molecule is N#Cc1ccnc(-c2ccccc2C(N)=O)c1. The molecular weight excluding hydrogens is 214 g/mol. The summed E-state index contributed by atoms with van der Waals surface area (Å²) in [7, 11) is 0. The van der Waals surface area contributed by atoms with E-state index >= 15 is 0 Å². The van der Waals surface area contributed by atoms with Gasteiger partial charge in [0.2, 0.25) is 5.91 Å². The van der Waals surface area contributed by atoms with Crippen molar-refractivity contribution < 1.29 is 4.79 Å². The van der Waals surface area contributed by atoms with Crippen LogP contribution in [0.15, 0.2) is 42.6 Å². The Bertz CT molecular complexity index is 614. The summed E-state index contributed by atoms with van der Waals surface area (Å²) in [5, 5.41) is 8.82. The number of pyridine rings is 1. The van der Waals surface area contributed by atoms with Crippen LogP contribution in [-0.2, 0) is 0 Å². The third-order valence-corrected chi connectivity index (χ3v) is 2.36. The van der Waals surface area contributed by atoms with E-state index in [4.69, 9.17) is 11.0 Å². The molecule has 17 heavy (non-hydrogen) atoms. The van der Waals surface area contributed by atoms with E-state index in [1.54, 1.807) is 36.4 Å². The Balaban J connectivity index is 2.61. The number of carbonyl (C=O) groups is 1. The molecule has 4 nitrogen and oxygen atoms in total. The average molecular weight is 223 g/mol. The molecule has 2 aromatic rings. The Morgan fingerprint density at radius 1 is 1.29 bits per heavy atom. The number of nitriles is 1. The van der Waals surface area contributed by atoms with Crippen LogP contribution < -0.4 is 5.73 Å². The molecule has 0 saturated carbocycles. The van der Waals surface area contributed by atoms with Gasteiger partial charge in [0.25, 0.3) is 0 Å². The third-order valence-electron chi connectivity index (χ3n) is 2.36. The number of aromatic nitrogens is 1. The van der Waals surface area contributed by atoms with Crippen LogP contribution in [0, 0.1) is 11.3 Å². The first-order chi connectivity index (χ1) is 8.22. The zero-order valence-corrected chi connectivity index (χ0v) is 8.92. The number of primary amides is 1. The van der Waals surface area contributed by atoms with Crippen LogP contribution in [-0.4, -0.2) is 10.9 Å². The molecule has 2 rings (SSSR count). The van der Waals surface area contributed by atoms with Crippen LogP contribution in [0.4, 0.5) is 0 Å². The molecule has 0 unspecified atom stereocenters. The lowest BCUT2D eigenvalue weighted by atomic mass is 10.0. The normalized spacial score (nSPS) is 9.59. The number of nitrogens with two attached hydrogens (primary N) is 1. The van der Waals surface area contributed by atoms with Crippen molar-refractivity contribution in [3.63, 3.8) is 0 Å². The van der Waals surface area contributed by atoms with Gasteiger partial charge in [-0.1, -0.05) is 18.2 Å². The summed E-state index contributed by atoms with van der Waals surface area (Å²) in [5.41, 5.74) is 7.39. The van der Waals surface area contributed by atoms with Crippen molar-refractivity contribution >= 4 is 5.91 Å². The van der Waals surface area contributed by atoms with Crippen molar-refractivity contribution in [3.8, 4) is 17.3 Å². The van der Waals surface area contributed by atoms with Gasteiger partial charge in [0.05, 0.1) is 17.3 Å². The van der Waals surface area contributed by atoms with Gasteiger partial charge in [-0.3, -0.25) is 9.78 Å². The zero-order valence-electron chi connectivity index (χ0n) is 8.92. The molecule has 0 fully saturated rings. The van der Waals surface area contributed by atoms with E-state index in [2.05, 4.69) is 4.98 Å². The van der Waals surface area contributed by atoms with Gasteiger partial charge in [0.1, 0.15) is 0 Å². The molecule has 0 atom stereocenters. The fourth-order valence-electron chi connectivity index (χ4n) is 1.57. The van der Waals surface area contributed by atoms with Gasteiger partial charge in [-0.05, 0) is 18.2 Å². The lowest BCUT2D eigenvalue weighted by Gasteiger charge is -2.05. The molecule has 1 aromatic heterocycles. The number of carbonyl (C=O) groups excluding carboxylic acids is 1. The van der Waals surface area contributed by atoms with Crippen molar-refractivity contribution in [3.05, 3.63) is 53.7 Å². The average Bonchev–Trinajstić information content (AvgIpc) is 2.39. The predicted octanol–water partition coefficient (Wildman–Crippen LogP) is 1.72. The second kappa shape index (κ2) is 4.45. The van der Waals surface area contributed by atoms with Gasteiger partial charge < -0.3 is 5.73 Å². The van der Waals surface area contributed by atoms with Crippen molar-refractivity contribution in [2.75, 3.05) is 0 Å². The molecule has 1 heterocycles. The van der Waals surface area contributed by atoms with E-state index in [1.807, 2.05) is 6.07 Å². The largest absolute Gasteiger partial charge is 0.366 e.